The van der Waals surface area contributed by atoms with Gasteiger partial charge in [0.1, 0.15) is 11.3 Å². The van der Waals surface area contributed by atoms with Crippen LogP contribution in [0.15, 0.2) is 33.5 Å². The summed E-state index contributed by atoms with van der Waals surface area (Å²) in [6, 6.07) is 5.99. The highest BCUT2D eigenvalue weighted by Gasteiger charge is 2.15. The first-order valence-electron chi connectivity index (χ1n) is 16.8. The first-order chi connectivity index (χ1) is 19.5. The zero-order valence-electron chi connectivity index (χ0n) is 26.4. The molecule has 0 spiro atoms. The van der Waals surface area contributed by atoms with Gasteiger partial charge in [-0.2, -0.15) is 0 Å². The molecule has 4 nitrogen and oxygen atoms in total. The van der Waals surface area contributed by atoms with Gasteiger partial charge in [-0.1, -0.05) is 162 Å². The van der Waals surface area contributed by atoms with Crippen LogP contribution in [0.2, 0.25) is 0 Å². The SMILES string of the molecule is CCCCC(CC)CC.CCCCCCCCCCCCCCCCCC(=O)c1cccc2oc(=O)cc(O)c12. The fourth-order valence-electron chi connectivity index (χ4n) is 5.42. The van der Waals surface area contributed by atoms with Gasteiger partial charge in [0.05, 0.1) is 11.5 Å². The second-order valence-electron chi connectivity index (χ2n) is 11.6. The summed E-state index contributed by atoms with van der Waals surface area (Å²) in [6.07, 6.45) is 26.8. The summed E-state index contributed by atoms with van der Waals surface area (Å²) in [5, 5.41) is 10.4. The fourth-order valence-corrected chi connectivity index (χ4v) is 5.42. The number of ketones is 1. The summed E-state index contributed by atoms with van der Waals surface area (Å²) < 4.78 is 5.10. The molecule has 0 aliphatic heterocycles. The molecular formula is C36H60O4. The summed E-state index contributed by atoms with van der Waals surface area (Å²) in [4.78, 5) is 24.0. The quantitative estimate of drug-likeness (QED) is 0.0889. The van der Waals surface area contributed by atoms with Crippen molar-refractivity contribution in [1.29, 1.82) is 0 Å². The average Bonchev–Trinajstić information content (AvgIpc) is 2.95. The van der Waals surface area contributed by atoms with E-state index in [9.17, 15) is 14.7 Å². The topological polar surface area (TPSA) is 67.5 Å². The molecule has 0 saturated carbocycles. The molecule has 40 heavy (non-hydrogen) atoms. The Morgan fingerprint density at radius 2 is 1.23 bits per heavy atom. The molecule has 0 saturated heterocycles. The number of fused-ring (bicyclic) bond motifs is 1. The van der Waals surface area contributed by atoms with Crippen LogP contribution >= 0.6 is 0 Å². The number of rotatable bonds is 22. The van der Waals surface area contributed by atoms with E-state index < -0.39 is 5.63 Å². The van der Waals surface area contributed by atoms with E-state index in [1.807, 2.05) is 0 Å². The standard InChI is InChI=1S/C27H40O4.C9H20/c1-2-3-4-5-6-7-8-9-10-11-12-13-14-15-16-19-23(28)22-18-17-20-25-27(22)24(29)21-26(30)31-25;1-4-7-8-9(5-2)6-3/h17-18,20-21,29H,2-16,19H2,1H3;9H,4-8H2,1-3H3. The van der Waals surface area contributed by atoms with Crippen LogP contribution in [0.1, 0.15) is 173 Å². The van der Waals surface area contributed by atoms with Gasteiger partial charge in [-0.3, -0.25) is 4.79 Å². The number of aromatic hydroxyl groups is 1. The normalized spacial score (nSPS) is 11.1. The first kappa shape index (κ1) is 35.9. The third-order valence-corrected chi connectivity index (χ3v) is 8.18. The van der Waals surface area contributed by atoms with Crippen LogP contribution < -0.4 is 5.63 Å². The lowest BCUT2D eigenvalue weighted by molar-refractivity contribution is 0.0980. The second kappa shape index (κ2) is 23.6. The maximum absolute atomic E-state index is 12.6. The Labute approximate surface area is 245 Å². The van der Waals surface area contributed by atoms with Crippen LogP contribution in [0, 0.1) is 5.92 Å². The Hall–Kier alpha value is -2.10. The molecule has 0 radical (unpaired) electrons. The number of hydrogen-bond donors (Lipinski definition) is 1. The summed E-state index contributed by atoms with van der Waals surface area (Å²) >= 11 is 0. The van der Waals surface area contributed by atoms with Crippen molar-refractivity contribution in [2.24, 2.45) is 5.92 Å². The molecule has 0 amide bonds. The minimum absolute atomic E-state index is 0.00977. The van der Waals surface area contributed by atoms with Crippen LogP contribution in [0.25, 0.3) is 11.0 Å². The van der Waals surface area contributed by atoms with Gasteiger partial charge in [-0.05, 0) is 18.4 Å². The van der Waals surface area contributed by atoms with Crippen molar-refractivity contribution in [2.75, 3.05) is 0 Å². The molecule has 0 atom stereocenters. The number of hydrogen-bond acceptors (Lipinski definition) is 4. The zero-order valence-corrected chi connectivity index (χ0v) is 26.4. The van der Waals surface area contributed by atoms with E-state index in [1.54, 1.807) is 18.2 Å². The Morgan fingerprint density at radius 3 is 1.73 bits per heavy atom. The van der Waals surface area contributed by atoms with Gasteiger partial charge in [0.25, 0.3) is 0 Å². The maximum atomic E-state index is 12.6. The van der Waals surface area contributed by atoms with Crippen molar-refractivity contribution < 1.29 is 14.3 Å². The van der Waals surface area contributed by atoms with E-state index in [4.69, 9.17) is 4.42 Å². The van der Waals surface area contributed by atoms with Crippen molar-refractivity contribution in [2.45, 2.75) is 163 Å². The monoisotopic (exact) mass is 556 g/mol. The highest BCUT2D eigenvalue weighted by atomic mass is 16.4. The Kier molecular flexibility index (Phi) is 21.2. The molecule has 1 aromatic heterocycles. The largest absolute Gasteiger partial charge is 0.507 e. The summed E-state index contributed by atoms with van der Waals surface area (Å²) in [5.41, 5.74) is 0.0773. The van der Waals surface area contributed by atoms with Gasteiger partial charge in [0.2, 0.25) is 0 Å². The van der Waals surface area contributed by atoms with E-state index in [0.29, 0.717) is 17.4 Å². The molecule has 4 heteroatoms. The van der Waals surface area contributed by atoms with Crippen LogP contribution in [0.5, 0.6) is 5.75 Å². The van der Waals surface area contributed by atoms with Gasteiger partial charge < -0.3 is 9.52 Å². The molecule has 0 unspecified atom stereocenters. The van der Waals surface area contributed by atoms with E-state index in [2.05, 4.69) is 27.7 Å². The lowest BCUT2D eigenvalue weighted by Crippen LogP contribution is -2.03. The molecule has 0 aliphatic carbocycles. The molecule has 0 bridgehead atoms. The number of carbonyl (C=O) groups is 1. The van der Waals surface area contributed by atoms with E-state index >= 15 is 0 Å². The summed E-state index contributed by atoms with van der Waals surface area (Å²) in [5.74, 6) is 0.807. The third-order valence-electron chi connectivity index (χ3n) is 8.18. The Morgan fingerprint density at radius 1 is 0.725 bits per heavy atom. The van der Waals surface area contributed by atoms with Crippen LogP contribution in [-0.4, -0.2) is 10.9 Å². The molecule has 1 N–H and O–H groups in total. The van der Waals surface area contributed by atoms with Gasteiger partial charge in [0, 0.05) is 12.0 Å². The lowest BCUT2D eigenvalue weighted by atomic mass is 9.97. The third kappa shape index (κ3) is 15.6. The van der Waals surface area contributed by atoms with Crippen molar-refractivity contribution in [3.8, 4) is 5.75 Å². The van der Waals surface area contributed by atoms with Crippen LogP contribution in [0.4, 0.5) is 0 Å². The smallest absolute Gasteiger partial charge is 0.339 e. The Bertz CT molecular complexity index is 957. The number of unbranched alkanes of at least 4 members (excludes halogenated alkanes) is 15. The summed E-state index contributed by atoms with van der Waals surface area (Å²) in [7, 11) is 0. The highest BCUT2D eigenvalue weighted by molar-refractivity contribution is 6.08. The van der Waals surface area contributed by atoms with Gasteiger partial charge in [-0.15, -0.1) is 0 Å². The second-order valence-corrected chi connectivity index (χ2v) is 11.6. The van der Waals surface area contributed by atoms with Crippen molar-refractivity contribution in [3.05, 3.63) is 40.2 Å². The average molecular weight is 557 g/mol. The molecule has 1 aromatic carbocycles. The van der Waals surface area contributed by atoms with E-state index in [1.165, 1.54) is 116 Å². The lowest BCUT2D eigenvalue weighted by Gasteiger charge is -2.09. The van der Waals surface area contributed by atoms with Crippen molar-refractivity contribution in [3.63, 3.8) is 0 Å². The number of Topliss-reactive ketones (excluding diaryl/α,β-unsaturated/α-hetero) is 1. The molecule has 1 heterocycles. The van der Waals surface area contributed by atoms with E-state index in [-0.39, 0.29) is 17.1 Å². The van der Waals surface area contributed by atoms with Crippen molar-refractivity contribution >= 4 is 16.8 Å². The van der Waals surface area contributed by atoms with Gasteiger partial charge >= 0.3 is 5.63 Å². The number of benzene rings is 1. The minimum Gasteiger partial charge on any atom is -0.507 e. The number of carbonyl (C=O) groups excluding carboxylic acids is 1. The molecule has 0 aliphatic rings. The Balaban J connectivity index is 0.000000763. The predicted molar refractivity (Wildman–Crippen MR) is 172 cm³/mol. The molecule has 2 aromatic rings. The summed E-state index contributed by atoms with van der Waals surface area (Å²) in [6.45, 7) is 9.12. The van der Waals surface area contributed by atoms with Gasteiger partial charge in [0.15, 0.2) is 5.78 Å². The molecule has 228 valence electrons. The van der Waals surface area contributed by atoms with E-state index in [0.717, 1.165) is 24.8 Å². The first-order valence-corrected chi connectivity index (χ1v) is 16.8. The molecule has 0 fully saturated rings. The minimum atomic E-state index is -0.614. The molecular weight excluding hydrogens is 496 g/mol. The predicted octanol–water partition coefficient (Wildman–Crippen LogP) is 11.6. The van der Waals surface area contributed by atoms with Gasteiger partial charge in [-0.25, -0.2) is 4.79 Å². The molecule has 2 rings (SSSR count). The zero-order chi connectivity index (χ0) is 29.4. The fraction of sp³-hybridized carbons (Fsp3) is 0.722. The van der Waals surface area contributed by atoms with Crippen LogP contribution in [-0.2, 0) is 0 Å². The van der Waals surface area contributed by atoms with Crippen molar-refractivity contribution in [1.82, 2.24) is 0 Å². The highest BCUT2D eigenvalue weighted by Crippen LogP contribution is 2.27. The maximum Gasteiger partial charge on any atom is 0.339 e. The van der Waals surface area contributed by atoms with Crippen LogP contribution in [0.3, 0.4) is 0 Å².